The summed E-state index contributed by atoms with van der Waals surface area (Å²) in [5.41, 5.74) is 0.846. The number of ether oxygens (including phenoxy) is 6. The Morgan fingerprint density at radius 3 is 1.57 bits per heavy atom. The second kappa shape index (κ2) is 25.6. The van der Waals surface area contributed by atoms with Crippen molar-refractivity contribution in [1.82, 2.24) is 0 Å². The standard InChI is InChI=1S/C43H72O10/c1-6-7-8-18-22-36(49-32(3)44)23-20-25-38(51-34(5)46)40-27-29-42(53-40)41-28-26-39(52-41)37(50-33(4)45)24-19-16-14-12-10-9-11-13-15-17-21-35-30-31(2)48-43(35)47/h30-31,36-42H,6-29H2,1-5H3/t31-,36-,37-,38-,39-,40+,41-,42-/m0/s1. The lowest BCUT2D eigenvalue weighted by Crippen LogP contribution is -2.35. The van der Waals surface area contributed by atoms with Gasteiger partial charge in [-0.05, 0) is 96.5 Å². The topological polar surface area (TPSA) is 124 Å². The third kappa shape index (κ3) is 18.2. The average molecular weight is 749 g/mol. The summed E-state index contributed by atoms with van der Waals surface area (Å²) < 4.78 is 35.4. The molecular weight excluding hydrogens is 676 g/mol. The van der Waals surface area contributed by atoms with E-state index in [2.05, 4.69) is 6.92 Å². The largest absolute Gasteiger partial charge is 0.463 e. The molecule has 8 atom stereocenters. The third-order valence-electron chi connectivity index (χ3n) is 11.0. The van der Waals surface area contributed by atoms with Crippen molar-refractivity contribution in [3.05, 3.63) is 11.6 Å². The summed E-state index contributed by atoms with van der Waals surface area (Å²) in [6.07, 6.45) is 24.8. The van der Waals surface area contributed by atoms with Gasteiger partial charge in [0.2, 0.25) is 0 Å². The highest BCUT2D eigenvalue weighted by Crippen LogP contribution is 2.36. The van der Waals surface area contributed by atoms with Gasteiger partial charge in [0.05, 0.1) is 24.4 Å². The van der Waals surface area contributed by atoms with Crippen LogP contribution in [0.25, 0.3) is 0 Å². The summed E-state index contributed by atoms with van der Waals surface area (Å²) in [5.74, 6) is -0.973. The van der Waals surface area contributed by atoms with Gasteiger partial charge in [0.15, 0.2) is 0 Å². The Morgan fingerprint density at radius 2 is 1.08 bits per heavy atom. The fourth-order valence-corrected chi connectivity index (χ4v) is 8.27. The van der Waals surface area contributed by atoms with E-state index in [-0.39, 0.29) is 72.7 Å². The van der Waals surface area contributed by atoms with E-state index in [9.17, 15) is 19.2 Å². The summed E-state index contributed by atoms with van der Waals surface area (Å²) in [5, 5.41) is 0. The minimum absolute atomic E-state index is 0.0718. The molecule has 0 bridgehead atoms. The SMILES string of the molecule is CCCCCC[C@@H](CCC[C@H](OC(C)=O)[C@H]1CC[C@@H]([C@@H]2CC[C@@H]([C@H](CCCCCCCCCCCCC3=C[C@H](C)OC3=O)OC(C)=O)O2)O1)OC(C)=O. The summed E-state index contributed by atoms with van der Waals surface area (Å²) in [4.78, 5) is 47.5. The maximum atomic E-state index is 12.0. The summed E-state index contributed by atoms with van der Waals surface area (Å²) in [6.45, 7) is 8.46. The predicted octanol–water partition coefficient (Wildman–Crippen LogP) is 9.57. The van der Waals surface area contributed by atoms with Crippen molar-refractivity contribution in [3.63, 3.8) is 0 Å². The van der Waals surface area contributed by atoms with Gasteiger partial charge in [-0.1, -0.05) is 77.6 Å². The van der Waals surface area contributed by atoms with E-state index < -0.39 is 0 Å². The molecule has 2 saturated heterocycles. The van der Waals surface area contributed by atoms with Crippen LogP contribution in [-0.2, 0) is 47.6 Å². The van der Waals surface area contributed by atoms with Gasteiger partial charge in [-0.3, -0.25) is 14.4 Å². The number of unbranched alkanes of at least 4 members (excludes halogenated alkanes) is 12. The fraction of sp³-hybridized carbons (Fsp3) is 0.860. The zero-order valence-electron chi connectivity index (χ0n) is 33.7. The van der Waals surface area contributed by atoms with Crippen LogP contribution in [0, 0.1) is 0 Å². The lowest BCUT2D eigenvalue weighted by atomic mass is 9.99. The molecule has 0 saturated carbocycles. The maximum absolute atomic E-state index is 12.0. The van der Waals surface area contributed by atoms with Crippen LogP contribution in [0.15, 0.2) is 11.6 Å². The van der Waals surface area contributed by atoms with Crippen LogP contribution in [0.2, 0.25) is 0 Å². The Balaban J connectivity index is 1.32. The molecule has 0 aliphatic carbocycles. The molecule has 0 unspecified atom stereocenters. The Labute approximate surface area is 320 Å². The number of carbonyl (C=O) groups excluding carboxylic acids is 4. The van der Waals surface area contributed by atoms with Crippen LogP contribution in [0.5, 0.6) is 0 Å². The molecule has 3 rings (SSSR count). The maximum Gasteiger partial charge on any atom is 0.334 e. The number of hydrogen-bond acceptors (Lipinski definition) is 10. The quantitative estimate of drug-likeness (QED) is 0.0434. The van der Waals surface area contributed by atoms with Crippen LogP contribution in [0.4, 0.5) is 0 Å². The molecule has 0 aromatic carbocycles. The van der Waals surface area contributed by atoms with Crippen molar-refractivity contribution in [3.8, 4) is 0 Å². The number of hydrogen-bond donors (Lipinski definition) is 0. The summed E-state index contributed by atoms with van der Waals surface area (Å²) in [6, 6.07) is 0. The normalized spacial score (nSPS) is 24.4. The molecule has 2 fully saturated rings. The van der Waals surface area contributed by atoms with Crippen molar-refractivity contribution in [2.75, 3.05) is 0 Å². The minimum Gasteiger partial charge on any atom is -0.463 e. The molecule has 0 aromatic heterocycles. The molecule has 53 heavy (non-hydrogen) atoms. The minimum atomic E-state index is -0.348. The van der Waals surface area contributed by atoms with E-state index in [4.69, 9.17) is 28.4 Å². The van der Waals surface area contributed by atoms with Gasteiger partial charge >= 0.3 is 23.9 Å². The molecule has 10 heteroatoms. The molecule has 0 radical (unpaired) electrons. The van der Waals surface area contributed by atoms with Crippen molar-refractivity contribution >= 4 is 23.9 Å². The molecule has 0 N–H and O–H groups in total. The Hall–Kier alpha value is -2.46. The number of rotatable bonds is 28. The van der Waals surface area contributed by atoms with E-state index in [0.29, 0.717) is 6.42 Å². The number of carbonyl (C=O) groups is 4. The van der Waals surface area contributed by atoms with Crippen LogP contribution < -0.4 is 0 Å². The molecule has 0 amide bonds. The lowest BCUT2D eigenvalue weighted by molar-refractivity contribution is -0.164. The number of esters is 4. The summed E-state index contributed by atoms with van der Waals surface area (Å²) >= 11 is 0. The first kappa shape index (κ1) is 44.9. The van der Waals surface area contributed by atoms with Gasteiger partial charge in [-0.25, -0.2) is 4.79 Å². The molecule has 304 valence electrons. The highest BCUT2D eigenvalue weighted by molar-refractivity contribution is 5.90. The van der Waals surface area contributed by atoms with Gasteiger partial charge in [-0.15, -0.1) is 0 Å². The average Bonchev–Trinajstić information content (AvgIpc) is 3.85. The van der Waals surface area contributed by atoms with Crippen molar-refractivity contribution < 1.29 is 47.6 Å². The van der Waals surface area contributed by atoms with Crippen molar-refractivity contribution in [2.24, 2.45) is 0 Å². The van der Waals surface area contributed by atoms with E-state index in [1.54, 1.807) is 0 Å². The van der Waals surface area contributed by atoms with E-state index in [1.807, 2.05) is 13.0 Å². The van der Waals surface area contributed by atoms with Crippen LogP contribution in [0.1, 0.15) is 189 Å². The first-order chi connectivity index (χ1) is 25.5. The van der Waals surface area contributed by atoms with Crippen LogP contribution >= 0.6 is 0 Å². The van der Waals surface area contributed by atoms with Gasteiger partial charge in [0.25, 0.3) is 0 Å². The molecule has 10 nitrogen and oxygen atoms in total. The second-order valence-electron chi connectivity index (χ2n) is 15.8. The fourth-order valence-electron chi connectivity index (χ4n) is 8.27. The molecule has 3 aliphatic heterocycles. The van der Waals surface area contributed by atoms with E-state index in [1.165, 1.54) is 65.7 Å². The highest BCUT2D eigenvalue weighted by atomic mass is 16.6. The zero-order chi connectivity index (χ0) is 38.4. The summed E-state index contributed by atoms with van der Waals surface area (Å²) in [7, 11) is 0. The molecule has 0 aromatic rings. The van der Waals surface area contributed by atoms with Gasteiger partial charge in [-0.2, -0.15) is 0 Å². The van der Waals surface area contributed by atoms with Gasteiger partial charge in [0, 0.05) is 26.3 Å². The number of cyclic esters (lactones) is 1. The molecular formula is C43H72O10. The first-order valence-corrected chi connectivity index (χ1v) is 21.3. The van der Waals surface area contributed by atoms with Crippen LogP contribution in [0.3, 0.4) is 0 Å². The van der Waals surface area contributed by atoms with Crippen molar-refractivity contribution in [1.29, 1.82) is 0 Å². The monoisotopic (exact) mass is 749 g/mol. The molecule has 3 aliphatic rings. The smallest absolute Gasteiger partial charge is 0.334 e. The second-order valence-corrected chi connectivity index (χ2v) is 15.8. The predicted molar refractivity (Wildman–Crippen MR) is 204 cm³/mol. The lowest BCUT2D eigenvalue weighted by Gasteiger charge is -2.27. The van der Waals surface area contributed by atoms with Crippen molar-refractivity contribution in [2.45, 2.75) is 238 Å². The van der Waals surface area contributed by atoms with Crippen LogP contribution in [-0.4, -0.2) is 72.7 Å². The Morgan fingerprint density at radius 1 is 0.623 bits per heavy atom. The Kier molecular flexibility index (Phi) is 21.7. The third-order valence-corrected chi connectivity index (χ3v) is 11.0. The van der Waals surface area contributed by atoms with E-state index in [0.717, 1.165) is 108 Å². The molecule has 0 spiro atoms. The molecule has 3 heterocycles. The van der Waals surface area contributed by atoms with Gasteiger partial charge in [0.1, 0.15) is 24.4 Å². The Bertz CT molecular complexity index is 1120. The van der Waals surface area contributed by atoms with Gasteiger partial charge < -0.3 is 28.4 Å². The zero-order valence-corrected chi connectivity index (χ0v) is 33.7. The first-order valence-electron chi connectivity index (χ1n) is 21.3. The highest BCUT2D eigenvalue weighted by Gasteiger charge is 2.42. The van der Waals surface area contributed by atoms with E-state index >= 15 is 0 Å².